The molecule has 0 aromatic heterocycles. The number of halogens is 1. The number of fused-ring (bicyclic) bond motifs is 1. The summed E-state index contributed by atoms with van der Waals surface area (Å²) in [4.78, 5) is 0. The van der Waals surface area contributed by atoms with E-state index in [9.17, 15) is 4.39 Å². The molecular formula is C27H28FNO3. The van der Waals surface area contributed by atoms with E-state index in [2.05, 4.69) is 38.2 Å². The molecule has 3 aromatic carbocycles. The highest BCUT2D eigenvalue weighted by atomic mass is 19.1. The van der Waals surface area contributed by atoms with Crippen molar-refractivity contribution in [2.24, 2.45) is 0 Å². The molecule has 0 saturated carbocycles. The van der Waals surface area contributed by atoms with Gasteiger partial charge in [-0.15, -0.1) is 0 Å². The molecule has 4 rings (SSSR count). The third-order valence-corrected chi connectivity index (χ3v) is 5.62. The zero-order valence-electron chi connectivity index (χ0n) is 19.1. The highest BCUT2D eigenvalue weighted by Crippen LogP contribution is 2.42. The van der Waals surface area contributed by atoms with Crippen molar-refractivity contribution in [3.63, 3.8) is 0 Å². The minimum absolute atomic E-state index is 0.156. The van der Waals surface area contributed by atoms with E-state index in [-0.39, 0.29) is 11.4 Å². The molecule has 0 fully saturated rings. The maximum atomic E-state index is 13.9. The maximum Gasteiger partial charge on any atom is 0.129 e. The van der Waals surface area contributed by atoms with E-state index in [1.54, 1.807) is 20.3 Å². The maximum absolute atomic E-state index is 13.9. The average molecular weight is 434 g/mol. The minimum atomic E-state index is -0.336. The Morgan fingerprint density at radius 1 is 0.906 bits per heavy atom. The Morgan fingerprint density at radius 2 is 1.66 bits per heavy atom. The van der Waals surface area contributed by atoms with Crippen molar-refractivity contribution in [2.45, 2.75) is 32.9 Å². The van der Waals surface area contributed by atoms with Crippen LogP contribution in [0.2, 0.25) is 0 Å². The predicted molar refractivity (Wildman–Crippen MR) is 127 cm³/mol. The van der Waals surface area contributed by atoms with Crippen LogP contribution in [-0.2, 0) is 6.61 Å². The van der Waals surface area contributed by atoms with Crippen molar-refractivity contribution in [3.8, 4) is 28.4 Å². The first kappa shape index (κ1) is 21.8. The largest absolute Gasteiger partial charge is 0.497 e. The van der Waals surface area contributed by atoms with Gasteiger partial charge in [-0.3, -0.25) is 0 Å². The summed E-state index contributed by atoms with van der Waals surface area (Å²) in [6, 6.07) is 16.3. The molecule has 166 valence electrons. The molecule has 0 bridgehead atoms. The van der Waals surface area contributed by atoms with Crippen molar-refractivity contribution >= 4 is 11.3 Å². The fourth-order valence-electron chi connectivity index (χ4n) is 4.34. The van der Waals surface area contributed by atoms with E-state index in [0.717, 1.165) is 39.3 Å². The summed E-state index contributed by atoms with van der Waals surface area (Å²) < 4.78 is 30.9. The first-order chi connectivity index (χ1) is 15.3. The highest BCUT2D eigenvalue weighted by Gasteiger charge is 2.27. The van der Waals surface area contributed by atoms with E-state index < -0.39 is 0 Å². The molecule has 0 spiro atoms. The molecule has 0 unspecified atom stereocenters. The lowest BCUT2D eigenvalue weighted by Gasteiger charge is -2.33. The zero-order valence-corrected chi connectivity index (χ0v) is 19.1. The molecule has 1 N–H and O–H groups in total. The standard InChI is InChI=1S/C27H28FNO3/c1-17-15-27(2,3)29-24-12-11-21(22-10-9-18(28)13-25(22)31-5)23(26(17)24)16-32-20-8-6-7-19(14-20)30-4/h6-15,29H,16H2,1-5H3. The van der Waals surface area contributed by atoms with E-state index >= 15 is 0 Å². The van der Waals surface area contributed by atoms with Gasteiger partial charge in [0.15, 0.2) is 0 Å². The Morgan fingerprint density at radius 3 is 2.41 bits per heavy atom. The number of hydrogen-bond acceptors (Lipinski definition) is 4. The lowest BCUT2D eigenvalue weighted by molar-refractivity contribution is 0.304. The lowest BCUT2D eigenvalue weighted by Crippen LogP contribution is -2.32. The topological polar surface area (TPSA) is 39.7 Å². The van der Waals surface area contributed by atoms with E-state index in [1.165, 1.54) is 12.1 Å². The van der Waals surface area contributed by atoms with Gasteiger partial charge in [0.1, 0.15) is 29.7 Å². The zero-order chi connectivity index (χ0) is 22.9. The molecule has 0 atom stereocenters. The average Bonchev–Trinajstić information content (AvgIpc) is 2.76. The second kappa shape index (κ2) is 8.58. The summed E-state index contributed by atoms with van der Waals surface area (Å²) in [6.45, 7) is 6.73. The van der Waals surface area contributed by atoms with Crippen LogP contribution in [0.5, 0.6) is 17.2 Å². The van der Waals surface area contributed by atoms with Crippen LogP contribution in [0.3, 0.4) is 0 Å². The van der Waals surface area contributed by atoms with Crippen molar-refractivity contribution in [1.82, 2.24) is 0 Å². The number of hydrogen-bond donors (Lipinski definition) is 1. The molecule has 0 saturated heterocycles. The van der Waals surface area contributed by atoms with Gasteiger partial charge in [0.25, 0.3) is 0 Å². The fourth-order valence-corrected chi connectivity index (χ4v) is 4.34. The van der Waals surface area contributed by atoms with Crippen LogP contribution in [0.25, 0.3) is 16.7 Å². The van der Waals surface area contributed by atoms with Crippen LogP contribution in [0.1, 0.15) is 31.9 Å². The van der Waals surface area contributed by atoms with Crippen molar-refractivity contribution in [1.29, 1.82) is 0 Å². The Kier molecular flexibility index (Phi) is 5.83. The van der Waals surface area contributed by atoms with Crippen LogP contribution in [0.4, 0.5) is 10.1 Å². The number of methoxy groups -OCH3 is 2. The summed E-state index contributed by atoms with van der Waals surface area (Å²) in [5.41, 5.74) is 5.91. The summed E-state index contributed by atoms with van der Waals surface area (Å²) >= 11 is 0. The molecule has 0 aliphatic carbocycles. The fraction of sp³-hybridized carbons (Fsp3) is 0.259. The molecule has 4 nitrogen and oxygen atoms in total. The summed E-state index contributed by atoms with van der Waals surface area (Å²) in [7, 11) is 3.19. The van der Waals surface area contributed by atoms with Gasteiger partial charge in [-0.2, -0.15) is 0 Å². The van der Waals surface area contributed by atoms with Gasteiger partial charge >= 0.3 is 0 Å². The Balaban J connectivity index is 1.85. The van der Waals surface area contributed by atoms with Gasteiger partial charge in [-0.1, -0.05) is 18.2 Å². The molecular weight excluding hydrogens is 405 g/mol. The second-order valence-corrected chi connectivity index (χ2v) is 8.50. The number of allylic oxidation sites excluding steroid dienone is 1. The Bertz CT molecular complexity index is 1180. The van der Waals surface area contributed by atoms with Crippen LogP contribution in [-0.4, -0.2) is 19.8 Å². The van der Waals surface area contributed by atoms with E-state index in [0.29, 0.717) is 18.1 Å². The second-order valence-electron chi connectivity index (χ2n) is 8.50. The molecule has 0 amide bonds. The summed E-state index contributed by atoms with van der Waals surface area (Å²) in [5.74, 6) is 1.60. The Hall–Kier alpha value is -3.47. The number of benzene rings is 3. The van der Waals surface area contributed by atoms with Gasteiger partial charge in [0.05, 0.1) is 19.8 Å². The van der Waals surface area contributed by atoms with Crippen LogP contribution in [0, 0.1) is 5.82 Å². The molecule has 1 aliphatic rings. The summed E-state index contributed by atoms with van der Waals surface area (Å²) in [6.07, 6.45) is 2.22. The molecule has 1 heterocycles. The van der Waals surface area contributed by atoms with Gasteiger partial charge < -0.3 is 19.5 Å². The molecule has 0 radical (unpaired) electrons. The third kappa shape index (κ3) is 4.28. The number of ether oxygens (including phenoxy) is 3. The summed E-state index contributed by atoms with van der Waals surface area (Å²) in [5, 5.41) is 3.60. The molecule has 3 aromatic rings. The van der Waals surface area contributed by atoms with Gasteiger partial charge in [0.2, 0.25) is 0 Å². The van der Waals surface area contributed by atoms with Crippen molar-refractivity contribution in [2.75, 3.05) is 19.5 Å². The SMILES string of the molecule is COc1cccc(OCc2c(-c3ccc(F)cc3OC)ccc3c2C(C)=CC(C)(C)N3)c1. The number of rotatable bonds is 6. The molecule has 1 aliphatic heterocycles. The van der Waals surface area contributed by atoms with Crippen LogP contribution in [0.15, 0.2) is 60.7 Å². The normalized spacial score (nSPS) is 14.1. The molecule has 5 heteroatoms. The predicted octanol–water partition coefficient (Wildman–Crippen LogP) is 6.70. The van der Waals surface area contributed by atoms with Crippen molar-refractivity contribution < 1.29 is 18.6 Å². The van der Waals surface area contributed by atoms with Gasteiger partial charge in [-0.25, -0.2) is 4.39 Å². The van der Waals surface area contributed by atoms with E-state index in [4.69, 9.17) is 14.2 Å². The molecule has 32 heavy (non-hydrogen) atoms. The van der Waals surface area contributed by atoms with Gasteiger partial charge in [-0.05, 0) is 62.2 Å². The van der Waals surface area contributed by atoms with Crippen LogP contribution >= 0.6 is 0 Å². The minimum Gasteiger partial charge on any atom is -0.497 e. The van der Waals surface area contributed by atoms with Gasteiger partial charge in [0, 0.05) is 34.5 Å². The smallest absolute Gasteiger partial charge is 0.129 e. The highest BCUT2D eigenvalue weighted by molar-refractivity contribution is 5.88. The van der Waals surface area contributed by atoms with E-state index in [1.807, 2.05) is 30.3 Å². The lowest BCUT2D eigenvalue weighted by atomic mass is 9.85. The Labute approximate surface area is 188 Å². The number of anilines is 1. The van der Waals surface area contributed by atoms with Crippen molar-refractivity contribution in [3.05, 3.63) is 77.6 Å². The van der Waals surface area contributed by atoms with Crippen LogP contribution < -0.4 is 19.5 Å². The first-order valence-electron chi connectivity index (χ1n) is 10.6. The monoisotopic (exact) mass is 433 g/mol. The quantitative estimate of drug-likeness (QED) is 0.470. The first-order valence-corrected chi connectivity index (χ1v) is 10.6. The third-order valence-electron chi connectivity index (χ3n) is 5.62. The number of nitrogens with one attached hydrogen (secondary N) is 1.